The first kappa shape index (κ1) is 38.1. The molecule has 0 radical (unpaired) electrons. The second kappa shape index (κ2) is 15.1. The van der Waals surface area contributed by atoms with Crippen LogP contribution in [0.25, 0.3) is 76.8 Å². The zero-order valence-electron chi connectivity index (χ0n) is 36.1. The fraction of sp³-hybridized carbons (Fsp3) is 0.0476. The minimum absolute atomic E-state index is 0.0597. The molecule has 1 aliphatic rings. The van der Waals surface area contributed by atoms with Crippen LogP contribution in [0.15, 0.2) is 243 Å². The lowest BCUT2D eigenvalue weighted by atomic mass is 9.81. The van der Waals surface area contributed by atoms with Crippen molar-refractivity contribution in [2.24, 2.45) is 0 Å². The van der Waals surface area contributed by atoms with Crippen LogP contribution in [0.5, 0.6) is 0 Å². The summed E-state index contributed by atoms with van der Waals surface area (Å²) in [5.74, 6) is 0. The van der Waals surface area contributed by atoms with Crippen LogP contribution in [0.1, 0.15) is 25.0 Å². The summed E-state index contributed by atoms with van der Waals surface area (Å²) in [4.78, 5) is 0. The maximum Gasteiger partial charge on any atom is 0.179 e. The Morgan fingerprint density at radius 2 is 0.734 bits per heavy atom. The molecule has 0 heterocycles. The summed E-state index contributed by atoms with van der Waals surface area (Å²) in [5, 5.41) is 13.0. The first-order chi connectivity index (χ1) is 31.5. The Labute approximate surface area is 376 Å². The van der Waals surface area contributed by atoms with Crippen LogP contribution in [0.3, 0.4) is 0 Å². The van der Waals surface area contributed by atoms with Crippen molar-refractivity contribution in [2.75, 3.05) is 0 Å². The molecule has 0 saturated heterocycles. The summed E-state index contributed by atoms with van der Waals surface area (Å²) >= 11 is 0. The number of benzene rings is 11. The van der Waals surface area contributed by atoms with Gasteiger partial charge in [-0.2, -0.15) is 0 Å². The zero-order valence-corrected chi connectivity index (χ0v) is 37.1. The van der Waals surface area contributed by atoms with Gasteiger partial charge in [-0.25, -0.2) is 0 Å². The molecular weight excluding hydrogens is 785 g/mol. The highest BCUT2D eigenvalue weighted by Gasteiger charge is 2.41. The number of fused-ring (bicyclic) bond motifs is 6. The molecule has 0 spiro atoms. The Morgan fingerprint density at radius 3 is 1.39 bits per heavy atom. The Balaban J connectivity index is 1.11. The summed E-state index contributed by atoms with van der Waals surface area (Å²) < 4.78 is 0. The van der Waals surface area contributed by atoms with Crippen molar-refractivity contribution < 1.29 is 0 Å². The van der Waals surface area contributed by atoms with Gasteiger partial charge in [-0.15, -0.1) is 0 Å². The molecule has 0 aliphatic heterocycles. The average molecular weight is 831 g/mol. The predicted octanol–water partition coefficient (Wildman–Crippen LogP) is 13.8. The first-order valence-electron chi connectivity index (χ1n) is 22.5. The van der Waals surface area contributed by atoms with Crippen LogP contribution in [0.4, 0.5) is 0 Å². The minimum Gasteiger partial charge on any atom is -0.0623 e. The van der Waals surface area contributed by atoms with E-state index in [4.69, 9.17) is 0 Å². The van der Waals surface area contributed by atoms with E-state index < -0.39 is 8.07 Å². The third kappa shape index (κ3) is 5.89. The largest absolute Gasteiger partial charge is 0.179 e. The van der Waals surface area contributed by atoms with Crippen molar-refractivity contribution >= 4 is 61.1 Å². The fourth-order valence-corrected chi connectivity index (χ4v) is 15.9. The molecule has 0 aromatic heterocycles. The molecule has 12 rings (SSSR count). The topological polar surface area (TPSA) is 0 Å². The minimum atomic E-state index is -2.69. The predicted molar refractivity (Wildman–Crippen MR) is 276 cm³/mol. The van der Waals surface area contributed by atoms with Gasteiger partial charge in [0.1, 0.15) is 0 Å². The van der Waals surface area contributed by atoms with Crippen molar-refractivity contribution in [2.45, 2.75) is 19.3 Å². The third-order valence-electron chi connectivity index (χ3n) is 14.2. The summed E-state index contributed by atoms with van der Waals surface area (Å²) in [7, 11) is -2.69. The van der Waals surface area contributed by atoms with Gasteiger partial charge in [-0.05, 0) is 127 Å². The van der Waals surface area contributed by atoms with Crippen LogP contribution in [0.2, 0.25) is 0 Å². The lowest BCUT2D eigenvalue weighted by Gasteiger charge is -2.34. The molecule has 1 aliphatic carbocycles. The van der Waals surface area contributed by atoms with Crippen LogP contribution in [-0.4, -0.2) is 8.07 Å². The molecule has 0 nitrogen and oxygen atoms in total. The van der Waals surface area contributed by atoms with Crippen molar-refractivity contribution in [1.82, 2.24) is 0 Å². The lowest BCUT2D eigenvalue weighted by Crippen LogP contribution is -2.74. The molecule has 0 N–H and O–H groups in total. The second-order valence-corrected chi connectivity index (χ2v) is 21.8. The SMILES string of the molecule is CC1(C)c2ccccc2-c2cc(-c3c4ccccc4c(-c4ccc([Si](c5ccccc5)(c5ccccc5)c5ccccc5)cc4)c4ccc(-c5ccc6ccccc6c5)cc34)ccc21. The summed E-state index contributed by atoms with van der Waals surface area (Å²) in [6, 6.07) is 91.4. The quantitative estimate of drug-likeness (QED) is 0.0853. The Morgan fingerprint density at radius 1 is 0.281 bits per heavy atom. The van der Waals surface area contributed by atoms with Gasteiger partial charge in [0.25, 0.3) is 0 Å². The molecule has 0 bridgehead atoms. The van der Waals surface area contributed by atoms with E-state index >= 15 is 0 Å². The molecule has 302 valence electrons. The van der Waals surface area contributed by atoms with Gasteiger partial charge in [0.05, 0.1) is 0 Å². The summed E-state index contributed by atoms with van der Waals surface area (Å²) in [6.45, 7) is 4.73. The van der Waals surface area contributed by atoms with Gasteiger partial charge >= 0.3 is 0 Å². The van der Waals surface area contributed by atoms with Crippen LogP contribution in [-0.2, 0) is 5.41 Å². The van der Waals surface area contributed by atoms with Crippen molar-refractivity contribution in [3.8, 4) is 44.5 Å². The van der Waals surface area contributed by atoms with E-state index in [2.05, 4.69) is 257 Å². The molecule has 11 aromatic rings. The highest BCUT2D eigenvalue weighted by Crippen LogP contribution is 2.51. The molecule has 1 heteroatoms. The van der Waals surface area contributed by atoms with Crippen molar-refractivity contribution in [1.29, 1.82) is 0 Å². The summed E-state index contributed by atoms with van der Waals surface area (Å²) in [6.07, 6.45) is 0. The Kier molecular flexibility index (Phi) is 8.96. The number of hydrogen-bond donors (Lipinski definition) is 0. The molecule has 0 fully saturated rings. The lowest BCUT2D eigenvalue weighted by molar-refractivity contribution is 0.660. The van der Waals surface area contributed by atoms with E-state index in [1.165, 1.54) is 109 Å². The van der Waals surface area contributed by atoms with E-state index in [0.717, 1.165) is 0 Å². The molecule has 0 unspecified atom stereocenters. The van der Waals surface area contributed by atoms with Gasteiger partial charge in [0.15, 0.2) is 8.07 Å². The van der Waals surface area contributed by atoms with Crippen molar-refractivity contribution in [3.63, 3.8) is 0 Å². The van der Waals surface area contributed by atoms with Crippen LogP contribution >= 0.6 is 0 Å². The van der Waals surface area contributed by atoms with Crippen LogP contribution < -0.4 is 20.7 Å². The zero-order chi connectivity index (χ0) is 42.8. The fourth-order valence-electron chi connectivity index (χ4n) is 11.2. The molecular formula is C63H46Si. The number of rotatable bonds is 7. The highest BCUT2D eigenvalue weighted by molar-refractivity contribution is 7.19. The van der Waals surface area contributed by atoms with E-state index in [9.17, 15) is 0 Å². The van der Waals surface area contributed by atoms with Crippen LogP contribution in [0, 0.1) is 0 Å². The Hall–Kier alpha value is -7.58. The standard InChI is InChI=1S/C63H46Si/c1-63(2)59-29-17-16-26-53(59)57-42-48(35-39-60(57)63)62-55-28-15-14-27-54(55)61(56-38-34-47(41-58(56)62)46-31-30-43-18-12-13-19-45(43)40-46)44-32-36-52(37-33-44)64(49-20-6-3-7-21-49,50-22-8-4-9-23-50)51-24-10-5-11-25-51/h3-42H,1-2H3. The maximum absolute atomic E-state index is 2.69. The molecule has 64 heavy (non-hydrogen) atoms. The van der Waals surface area contributed by atoms with E-state index in [0.29, 0.717) is 0 Å². The normalized spacial score (nSPS) is 13.0. The second-order valence-electron chi connectivity index (χ2n) is 18.0. The first-order valence-corrected chi connectivity index (χ1v) is 24.5. The van der Waals surface area contributed by atoms with Gasteiger partial charge in [0, 0.05) is 5.41 Å². The molecule has 0 saturated carbocycles. The Bertz CT molecular complexity index is 3450. The van der Waals surface area contributed by atoms with E-state index in [-0.39, 0.29) is 5.41 Å². The smallest absolute Gasteiger partial charge is 0.0623 e. The van der Waals surface area contributed by atoms with Crippen molar-refractivity contribution in [3.05, 3.63) is 254 Å². The van der Waals surface area contributed by atoms with E-state index in [1.807, 2.05) is 0 Å². The van der Waals surface area contributed by atoms with Gasteiger partial charge in [0.2, 0.25) is 0 Å². The monoisotopic (exact) mass is 830 g/mol. The average Bonchev–Trinajstić information content (AvgIpc) is 3.59. The summed E-state index contributed by atoms with van der Waals surface area (Å²) in [5.41, 5.74) is 12.9. The molecule has 11 aromatic carbocycles. The molecule has 0 atom stereocenters. The third-order valence-corrected chi connectivity index (χ3v) is 19.0. The number of hydrogen-bond acceptors (Lipinski definition) is 0. The van der Waals surface area contributed by atoms with Gasteiger partial charge < -0.3 is 0 Å². The van der Waals surface area contributed by atoms with E-state index in [1.54, 1.807) is 0 Å². The molecule has 0 amide bonds. The maximum atomic E-state index is 2.47. The highest BCUT2D eigenvalue weighted by atomic mass is 28.3. The van der Waals surface area contributed by atoms with Gasteiger partial charge in [-0.3, -0.25) is 0 Å². The van der Waals surface area contributed by atoms with Gasteiger partial charge in [-0.1, -0.05) is 238 Å².